The Morgan fingerprint density at radius 1 is 1.21 bits per heavy atom. The summed E-state index contributed by atoms with van der Waals surface area (Å²) in [6.45, 7) is 7.00. The second-order valence-electron chi connectivity index (χ2n) is 9.25. The van der Waals surface area contributed by atoms with E-state index in [1.807, 2.05) is 18.7 Å². The van der Waals surface area contributed by atoms with Crippen LogP contribution in [0.1, 0.15) is 48.5 Å². The number of carbonyl (C=O) groups is 1. The maximum Gasteiger partial charge on any atom is 0.231 e. The zero-order chi connectivity index (χ0) is 24.0. The SMILES string of the molecule is COc1cc(C(C)C(=O)N2CCC3(CCc4cc(-c5nnn(C)n5)c(C)nc4N3)C2)nc(C)n1. The summed E-state index contributed by atoms with van der Waals surface area (Å²) in [5.41, 5.74) is 3.40. The molecular weight excluding hydrogens is 434 g/mol. The highest BCUT2D eigenvalue weighted by Crippen LogP contribution is 2.38. The number of methoxy groups -OCH3 is 1. The van der Waals surface area contributed by atoms with Gasteiger partial charge in [-0.25, -0.2) is 9.97 Å². The Labute approximate surface area is 198 Å². The quantitative estimate of drug-likeness (QED) is 0.617. The van der Waals surface area contributed by atoms with Gasteiger partial charge in [-0.15, -0.1) is 10.2 Å². The number of nitrogens with zero attached hydrogens (tertiary/aromatic N) is 8. The van der Waals surface area contributed by atoms with Crippen LogP contribution in [-0.2, 0) is 18.3 Å². The number of carbonyl (C=O) groups excluding carboxylic acids is 1. The molecule has 0 saturated carbocycles. The number of pyridine rings is 1. The molecule has 3 aromatic rings. The summed E-state index contributed by atoms with van der Waals surface area (Å²) in [5.74, 6) is 2.23. The molecule has 1 fully saturated rings. The van der Waals surface area contributed by atoms with Crippen molar-refractivity contribution in [1.82, 2.24) is 40.1 Å². The number of nitrogens with one attached hydrogen (secondary N) is 1. The Morgan fingerprint density at radius 3 is 2.76 bits per heavy atom. The van der Waals surface area contributed by atoms with E-state index in [0.717, 1.165) is 41.9 Å². The minimum Gasteiger partial charge on any atom is -0.481 e. The van der Waals surface area contributed by atoms with Gasteiger partial charge in [0.2, 0.25) is 17.6 Å². The number of ether oxygens (including phenoxy) is 1. The third kappa shape index (κ3) is 3.95. The molecule has 0 aliphatic carbocycles. The maximum absolute atomic E-state index is 13.3. The molecule has 1 saturated heterocycles. The van der Waals surface area contributed by atoms with E-state index in [2.05, 4.69) is 36.8 Å². The number of tetrazole rings is 1. The van der Waals surface area contributed by atoms with E-state index in [9.17, 15) is 4.79 Å². The van der Waals surface area contributed by atoms with Gasteiger partial charge in [-0.1, -0.05) is 0 Å². The topological polar surface area (TPSA) is 124 Å². The zero-order valence-corrected chi connectivity index (χ0v) is 20.2. The van der Waals surface area contributed by atoms with Crippen molar-refractivity contribution in [2.75, 3.05) is 25.5 Å². The van der Waals surface area contributed by atoms with E-state index in [1.165, 1.54) is 4.80 Å². The minimum atomic E-state index is -0.371. The third-order valence-corrected chi connectivity index (χ3v) is 6.82. The molecule has 1 spiro atoms. The van der Waals surface area contributed by atoms with Crippen LogP contribution in [0.3, 0.4) is 0 Å². The van der Waals surface area contributed by atoms with Gasteiger partial charge in [0.15, 0.2) is 0 Å². The molecule has 34 heavy (non-hydrogen) atoms. The van der Waals surface area contributed by atoms with Crippen molar-refractivity contribution in [2.24, 2.45) is 7.05 Å². The van der Waals surface area contributed by atoms with Gasteiger partial charge in [0.1, 0.15) is 11.6 Å². The molecule has 3 aromatic heterocycles. The van der Waals surface area contributed by atoms with Crippen LogP contribution in [0, 0.1) is 13.8 Å². The van der Waals surface area contributed by atoms with Crippen molar-refractivity contribution in [3.05, 3.63) is 34.9 Å². The number of likely N-dealkylation sites (tertiary alicyclic amines) is 1. The number of amides is 1. The number of rotatable bonds is 4. The maximum atomic E-state index is 13.3. The molecule has 11 nitrogen and oxygen atoms in total. The number of anilines is 1. The van der Waals surface area contributed by atoms with Crippen LogP contribution in [0.5, 0.6) is 5.88 Å². The van der Waals surface area contributed by atoms with Crippen molar-refractivity contribution in [1.29, 1.82) is 0 Å². The molecule has 2 unspecified atom stereocenters. The molecule has 0 radical (unpaired) electrons. The predicted molar refractivity (Wildman–Crippen MR) is 124 cm³/mol. The predicted octanol–water partition coefficient (Wildman–Crippen LogP) is 1.82. The largest absolute Gasteiger partial charge is 0.481 e. The smallest absolute Gasteiger partial charge is 0.231 e. The van der Waals surface area contributed by atoms with Crippen LogP contribution in [-0.4, -0.2) is 71.7 Å². The highest BCUT2D eigenvalue weighted by atomic mass is 16.5. The molecule has 0 bridgehead atoms. The number of aryl methyl sites for hydroxylation is 4. The molecule has 2 aliphatic heterocycles. The number of aromatic nitrogens is 7. The number of fused-ring (bicyclic) bond motifs is 1. The highest BCUT2D eigenvalue weighted by Gasteiger charge is 2.43. The Kier molecular flexibility index (Phi) is 5.41. The summed E-state index contributed by atoms with van der Waals surface area (Å²) in [6.07, 6.45) is 2.69. The van der Waals surface area contributed by atoms with E-state index in [4.69, 9.17) is 9.72 Å². The van der Waals surface area contributed by atoms with Gasteiger partial charge in [0.05, 0.1) is 37.0 Å². The van der Waals surface area contributed by atoms with Crippen molar-refractivity contribution in [3.63, 3.8) is 0 Å². The molecule has 2 atom stereocenters. The van der Waals surface area contributed by atoms with Crippen LogP contribution in [0.25, 0.3) is 11.4 Å². The van der Waals surface area contributed by atoms with E-state index in [-0.39, 0.29) is 17.4 Å². The molecule has 1 amide bonds. The lowest BCUT2D eigenvalue weighted by atomic mass is 9.86. The van der Waals surface area contributed by atoms with Crippen LogP contribution in [0.15, 0.2) is 12.1 Å². The molecular formula is C23H29N9O2. The summed E-state index contributed by atoms with van der Waals surface area (Å²) in [6, 6.07) is 3.85. The van der Waals surface area contributed by atoms with Crippen LogP contribution < -0.4 is 10.1 Å². The van der Waals surface area contributed by atoms with Crippen molar-refractivity contribution >= 4 is 11.7 Å². The van der Waals surface area contributed by atoms with Gasteiger partial charge in [-0.3, -0.25) is 4.79 Å². The molecule has 178 valence electrons. The lowest BCUT2D eigenvalue weighted by Crippen LogP contribution is -2.46. The zero-order valence-electron chi connectivity index (χ0n) is 20.2. The third-order valence-electron chi connectivity index (χ3n) is 6.82. The normalized spacial score (nSPS) is 20.2. The van der Waals surface area contributed by atoms with E-state index >= 15 is 0 Å². The average molecular weight is 464 g/mol. The Morgan fingerprint density at radius 2 is 2.03 bits per heavy atom. The fourth-order valence-corrected chi connectivity index (χ4v) is 4.91. The van der Waals surface area contributed by atoms with Gasteiger partial charge < -0.3 is 15.0 Å². The Balaban J connectivity index is 1.32. The first-order valence-electron chi connectivity index (χ1n) is 11.5. The fraction of sp³-hybridized carbons (Fsp3) is 0.522. The highest BCUT2D eigenvalue weighted by molar-refractivity contribution is 5.83. The molecule has 5 heterocycles. The monoisotopic (exact) mass is 463 g/mol. The standard InChI is InChI=1S/C23H29N9O2/c1-13(18-11-19(34-5)26-15(3)25-18)22(33)32-9-8-23(12-32)7-6-16-10-17(14(2)24-20(16)27-23)21-28-30-31(4)29-21/h10-11,13H,6-9,12H2,1-5H3,(H,24,27). The van der Waals surface area contributed by atoms with Gasteiger partial charge in [-0.05, 0) is 56.9 Å². The summed E-state index contributed by atoms with van der Waals surface area (Å²) < 4.78 is 5.26. The van der Waals surface area contributed by atoms with Crippen LogP contribution >= 0.6 is 0 Å². The summed E-state index contributed by atoms with van der Waals surface area (Å²) in [7, 11) is 3.32. The van der Waals surface area contributed by atoms with Gasteiger partial charge in [-0.2, -0.15) is 9.78 Å². The minimum absolute atomic E-state index is 0.0674. The van der Waals surface area contributed by atoms with E-state index in [0.29, 0.717) is 36.3 Å². The van der Waals surface area contributed by atoms with Crippen molar-refractivity contribution < 1.29 is 9.53 Å². The second kappa shape index (κ2) is 8.30. The van der Waals surface area contributed by atoms with Crippen molar-refractivity contribution in [2.45, 2.75) is 51.5 Å². The number of hydrogen-bond acceptors (Lipinski definition) is 9. The molecule has 1 N–H and O–H groups in total. The van der Waals surface area contributed by atoms with Gasteiger partial charge in [0.25, 0.3) is 0 Å². The molecule has 2 aliphatic rings. The van der Waals surface area contributed by atoms with Crippen LogP contribution in [0.2, 0.25) is 0 Å². The fourth-order valence-electron chi connectivity index (χ4n) is 4.91. The number of hydrogen-bond donors (Lipinski definition) is 1. The Bertz CT molecular complexity index is 1260. The van der Waals surface area contributed by atoms with Gasteiger partial charge >= 0.3 is 0 Å². The first kappa shape index (κ1) is 22.2. The molecule has 5 rings (SSSR count). The summed E-state index contributed by atoms with van der Waals surface area (Å²) in [5, 5.41) is 16.1. The summed E-state index contributed by atoms with van der Waals surface area (Å²) in [4.78, 5) is 30.3. The lowest BCUT2D eigenvalue weighted by molar-refractivity contribution is -0.131. The summed E-state index contributed by atoms with van der Waals surface area (Å²) >= 11 is 0. The molecule has 11 heteroatoms. The lowest BCUT2D eigenvalue weighted by Gasteiger charge is -2.36. The van der Waals surface area contributed by atoms with Crippen molar-refractivity contribution in [3.8, 4) is 17.3 Å². The van der Waals surface area contributed by atoms with E-state index < -0.39 is 0 Å². The molecule has 0 aromatic carbocycles. The Hall–Kier alpha value is -3.63. The van der Waals surface area contributed by atoms with E-state index in [1.54, 1.807) is 27.1 Å². The first-order valence-corrected chi connectivity index (χ1v) is 11.5. The van der Waals surface area contributed by atoms with Crippen LogP contribution in [0.4, 0.5) is 5.82 Å². The average Bonchev–Trinajstić information content (AvgIpc) is 3.43. The first-order chi connectivity index (χ1) is 16.3. The van der Waals surface area contributed by atoms with Gasteiger partial charge in [0, 0.05) is 24.7 Å². The second-order valence-corrected chi connectivity index (χ2v) is 9.25.